The van der Waals surface area contributed by atoms with Crippen molar-refractivity contribution in [1.82, 2.24) is 10.6 Å². The van der Waals surface area contributed by atoms with Crippen molar-refractivity contribution >= 4 is 58.1 Å². The molecule has 1 saturated heterocycles. The molecule has 0 aliphatic carbocycles. The molecule has 0 bridgehead atoms. The number of rotatable bonds is 10. The highest BCUT2D eigenvalue weighted by molar-refractivity contribution is 7.99. The topological polar surface area (TPSA) is 78.4 Å². The number of carbonyl (C=O) groups excluding carboxylic acids is 2. The number of thioether (sulfide) groups is 1. The highest BCUT2D eigenvalue weighted by Gasteiger charge is 2.42. The number of imide groups is 1. The van der Waals surface area contributed by atoms with E-state index in [0.717, 1.165) is 50.6 Å². The van der Waals surface area contributed by atoms with Crippen molar-refractivity contribution in [2.24, 2.45) is 0 Å². The van der Waals surface area contributed by atoms with Gasteiger partial charge in [-0.1, -0.05) is 71.7 Å². The van der Waals surface area contributed by atoms with Crippen LogP contribution >= 0.6 is 46.3 Å². The van der Waals surface area contributed by atoms with Gasteiger partial charge >= 0.3 is 0 Å². The molecular formula is C33H32Cl2N2O3S2. The third kappa shape index (κ3) is 6.94. The second kappa shape index (κ2) is 14.2. The first-order valence-corrected chi connectivity index (χ1v) is 16.5. The molecule has 0 saturated carbocycles. The lowest BCUT2D eigenvalue weighted by Crippen LogP contribution is -2.52. The molecule has 0 spiro atoms. The van der Waals surface area contributed by atoms with Gasteiger partial charge in [0.05, 0.1) is 15.3 Å². The van der Waals surface area contributed by atoms with Crippen LogP contribution in [-0.4, -0.2) is 42.4 Å². The normalized spacial score (nSPS) is 14.5. The van der Waals surface area contributed by atoms with Crippen LogP contribution in [0.3, 0.4) is 0 Å². The molecule has 4 aromatic rings. The van der Waals surface area contributed by atoms with Crippen molar-refractivity contribution in [1.29, 1.82) is 0 Å². The third-order valence-corrected chi connectivity index (χ3v) is 10.4. The maximum atomic E-state index is 13.8. The lowest BCUT2D eigenvalue weighted by atomic mass is 9.72. The molecule has 3 N–H and O–H groups in total. The van der Waals surface area contributed by atoms with Gasteiger partial charge in [0.15, 0.2) is 0 Å². The molecule has 0 unspecified atom stereocenters. The number of amides is 2. The summed E-state index contributed by atoms with van der Waals surface area (Å²) in [5, 5.41) is 16.1. The number of unbranched alkanes of at least 4 members (excludes halogenated alkanes) is 1. The highest BCUT2D eigenvalue weighted by atomic mass is 35.5. The molecular weight excluding hydrogens is 607 g/mol. The Morgan fingerprint density at radius 2 is 1.67 bits per heavy atom. The summed E-state index contributed by atoms with van der Waals surface area (Å²) in [5.41, 5.74) is 2.73. The number of nitrogens with one attached hydrogen (secondary N) is 2. The largest absolute Gasteiger partial charge is 0.396 e. The van der Waals surface area contributed by atoms with Crippen LogP contribution in [0, 0.1) is 0 Å². The van der Waals surface area contributed by atoms with E-state index in [1.165, 1.54) is 11.3 Å². The maximum absolute atomic E-state index is 13.8. The molecule has 0 atom stereocenters. The Morgan fingerprint density at radius 1 is 0.929 bits per heavy atom. The average molecular weight is 640 g/mol. The fraction of sp³-hybridized carbons (Fsp3) is 0.273. The van der Waals surface area contributed by atoms with E-state index in [1.807, 2.05) is 54.6 Å². The zero-order valence-corrected chi connectivity index (χ0v) is 26.1. The molecule has 1 aliphatic rings. The molecule has 2 amide bonds. The standard InChI is InChI=1S/C33H32Cl2N2O3S2/c34-24-10-13-26(28(35)20-24)30-27(22-8-11-25(12-9-22)41-19-5-4-18-38)21-29(42-30)31(39)37-32(40)33(14-16-36-17-15-33)23-6-2-1-3-7-23/h1-3,6-13,20-21,36,38H,4-5,14-19H2,(H,37,39,40). The van der Waals surface area contributed by atoms with Gasteiger partial charge in [-0.05, 0) is 86.0 Å². The van der Waals surface area contributed by atoms with Crippen LogP contribution in [0.1, 0.15) is 40.9 Å². The summed E-state index contributed by atoms with van der Waals surface area (Å²) in [7, 11) is 0. The Kier molecular flexibility index (Phi) is 10.4. The van der Waals surface area contributed by atoms with E-state index in [0.29, 0.717) is 40.9 Å². The van der Waals surface area contributed by atoms with Gasteiger partial charge < -0.3 is 10.4 Å². The van der Waals surface area contributed by atoms with E-state index < -0.39 is 11.3 Å². The number of hydrogen-bond acceptors (Lipinski definition) is 6. The molecule has 1 aliphatic heterocycles. The summed E-state index contributed by atoms with van der Waals surface area (Å²) in [6.45, 7) is 1.61. The number of aliphatic hydroxyl groups is 1. The minimum absolute atomic E-state index is 0.208. The predicted molar refractivity (Wildman–Crippen MR) is 175 cm³/mol. The highest BCUT2D eigenvalue weighted by Crippen LogP contribution is 2.43. The van der Waals surface area contributed by atoms with Crippen molar-refractivity contribution in [3.63, 3.8) is 0 Å². The summed E-state index contributed by atoms with van der Waals surface area (Å²) in [6, 6.07) is 25.1. The lowest BCUT2D eigenvalue weighted by molar-refractivity contribution is -0.126. The predicted octanol–water partition coefficient (Wildman–Crippen LogP) is 7.83. The van der Waals surface area contributed by atoms with Crippen LogP contribution < -0.4 is 10.6 Å². The quantitative estimate of drug-likeness (QED) is 0.0937. The summed E-state index contributed by atoms with van der Waals surface area (Å²) >= 11 is 15.9. The van der Waals surface area contributed by atoms with E-state index >= 15 is 0 Å². The Bertz CT molecular complexity index is 1530. The van der Waals surface area contributed by atoms with E-state index in [4.69, 9.17) is 28.3 Å². The number of aliphatic hydroxyl groups excluding tert-OH is 1. The van der Waals surface area contributed by atoms with Gasteiger partial charge in [-0.2, -0.15) is 0 Å². The number of piperidine rings is 1. The number of halogens is 2. The van der Waals surface area contributed by atoms with Crippen molar-refractivity contribution in [2.45, 2.75) is 36.0 Å². The Hall–Kier alpha value is -2.65. The summed E-state index contributed by atoms with van der Waals surface area (Å²) in [5.74, 6) is 0.236. The van der Waals surface area contributed by atoms with Crippen molar-refractivity contribution < 1.29 is 14.7 Å². The second-order valence-electron chi connectivity index (χ2n) is 10.3. The summed E-state index contributed by atoms with van der Waals surface area (Å²) in [6.07, 6.45) is 2.97. The summed E-state index contributed by atoms with van der Waals surface area (Å²) in [4.78, 5) is 29.8. The zero-order chi connectivity index (χ0) is 29.5. The molecule has 42 heavy (non-hydrogen) atoms. The Balaban J connectivity index is 1.45. The van der Waals surface area contributed by atoms with E-state index in [-0.39, 0.29) is 12.5 Å². The SMILES string of the molecule is O=C(NC(=O)C1(c2ccccc2)CCNCC1)c1cc(-c2ccc(SCCCCO)cc2)c(-c2ccc(Cl)cc2Cl)s1. The monoisotopic (exact) mass is 638 g/mol. The third-order valence-electron chi connectivity index (χ3n) is 7.56. The minimum Gasteiger partial charge on any atom is -0.396 e. The van der Waals surface area contributed by atoms with Gasteiger partial charge in [-0.3, -0.25) is 14.9 Å². The first-order chi connectivity index (χ1) is 20.4. The number of benzene rings is 3. The van der Waals surface area contributed by atoms with Crippen LogP contribution in [-0.2, 0) is 10.2 Å². The first kappa shape index (κ1) is 30.8. The Labute approximate surface area is 264 Å². The Morgan fingerprint density at radius 3 is 2.36 bits per heavy atom. The van der Waals surface area contributed by atoms with Gasteiger partial charge in [0.1, 0.15) is 0 Å². The van der Waals surface area contributed by atoms with Crippen LogP contribution in [0.15, 0.2) is 83.8 Å². The fourth-order valence-electron chi connectivity index (χ4n) is 5.27. The zero-order valence-electron chi connectivity index (χ0n) is 23.0. The minimum atomic E-state index is -0.769. The van der Waals surface area contributed by atoms with Crippen molar-refractivity contribution in [3.05, 3.63) is 99.3 Å². The lowest BCUT2D eigenvalue weighted by Gasteiger charge is -2.36. The van der Waals surface area contributed by atoms with E-state index in [1.54, 1.807) is 23.9 Å². The number of carbonyl (C=O) groups is 2. The molecule has 1 fully saturated rings. The fourth-order valence-corrected chi connectivity index (χ4v) is 7.85. The molecule has 0 radical (unpaired) electrons. The summed E-state index contributed by atoms with van der Waals surface area (Å²) < 4.78 is 0. The van der Waals surface area contributed by atoms with Crippen LogP contribution in [0.4, 0.5) is 0 Å². The molecule has 9 heteroatoms. The van der Waals surface area contributed by atoms with Crippen molar-refractivity contribution in [2.75, 3.05) is 25.4 Å². The van der Waals surface area contributed by atoms with Gasteiger partial charge in [0.2, 0.25) is 5.91 Å². The average Bonchev–Trinajstić information content (AvgIpc) is 3.46. The van der Waals surface area contributed by atoms with Crippen LogP contribution in [0.2, 0.25) is 10.0 Å². The molecule has 3 aromatic carbocycles. The number of hydrogen-bond donors (Lipinski definition) is 3. The molecule has 218 valence electrons. The van der Waals surface area contributed by atoms with Gasteiger partial charge in [0.25, 0.3) is 5.91 Å². The van der Waals surface area contributed by atoms with Gasteiger partial charge in [-0.25, -0.2) is 0 Å². The van der Waals surface area contributed by atoms with Gasteiger partial charge in [-0.15, -0.1) is 23.1 Å². The molecule has 5 nitrogen and oxygen atoms in total. The van der Waals surface area contributed by atoms with E-state index in [9.17, 15) is 9.59 Å². The molecule has 5 rings (SSSR count). The maximum Gasteiger partial charge on any atom is 0.267 e. The smallest absolute Gasteiger partial charge is 0.267 e. The molecule has 1 aromatic heterocycles. The second-order valence-corrected chi connectivity index (χ2v) is 13.3. The first-order valence-electron chi connectivity index (χ1n) is 14.0. The van der Waals surface area contributed by atoms with Crippen LogP contribution in [0.25, 0.3) is 21.6 Å². The van der Waals surface area contributed by atoms with Gasteiger partial charge in [0, 0.05) is 32.5 Å². The van der Waals surface area contributed by atoms with E-state index in [2.05, 4.69) is 22.8 Å². The van der Waals surface area contributed by atoms with Crippen molar-refractivity contribution in [3.8, 4) is 21.6 Å². The van der Waals surface area contributed by atoms with Crippen LogP contribution in [0.5, 0.6) is 0 Å². The molecule has 2 heterocycles. The number of thiophene rings is 1.